The molecule has 138 valence electrons. The number of carbonyl (C=O) groups excluding carboxylic acids is 1. The van der Waals surface area contributed by atoms with Gasteiger partial charge in [-0.1, -0.05) is 48.0 Å². The zero-order chi connectivity index (χ0) is 19.0. The maximum absolute atomic E-state index is 13.2. The predicted octanol–water partition coefficient (Wildman–Crippen LogP) is 3.99. The largest absolute Gasteiger partial charge is 0.329 e. The van der Waals surface area contributed by atoms with Gasteiger partial charge in [0.2, 0.25) is 0 Å². The molecule has 0 unspecified atom stereocenters. The van der Waals surface area contributed by atoms with E-state index in [0.717, 1.165) is 23.6 Å². The maximum atomic E-state index is 13.2. The first-order valence-electron chi connectivity index (χ1n) is 9.03. The molecule has 5 nitrogen and oxygen atoms in total. The van der Waals surface area contributed by atoms with Gasteiger partial charge in [0.1, 0.15) is 5.82 Å². The van der Waals surface area contributed by atoms with E-state index in [2.05, 4.69) is 26.9 Å². The topological polar surface area (TPSA) is 51.0 Å². The van der Waals surface area contributed by atoms with E-state index < -0.39 is 0 Å². The second-order valence-corrected chi connectivity index (χ2v) is 7.38. The number of fused-ring (bicyclic) bond motifs is 1. The van der Waals surface area contributed by atoms with Crippen molar-refractivity contribution >= 4 is 17.5 Å². The second kappa shape index (κ2) is 7.16. The molecule has 0 spiro atoms. The minimum Gasteiger partial charge on any atom is -0.329 e. The average Bonchev–Trinajstić information content (AvgIpc) is 3.05. The molecular formula is C21H21ClN4O. The molecule has 2 heterocycles. The van der Waals surface area contributed by atoms with Crippen molar-refractivity contribution in [1.29, 1.82) is 0 Å². The molecule has 4 rings (SSSR count). The molecule has 0 saturated heterocycles. The van der Waals surface area contributed by atoms with Crippen LogP contribution in [0.25, 0.3) is 0 Å². The summed E-state index contributed by atoms with van der Waals surface area (Å²) in [6.07, 6.45) is 0.824. The zero-order valence-electron chi connectivity index (χ0n) is 15.4. The SMILES string of the molecule is Cc1c(Cl)cccc1C(=O)N1Cc2nnc(C)n2[C@H](Cc2ccccc2)C1. The number of hydrogen-bond donors (Lipinski definition) is 0. The van der Waals surface area contributed by atoms with Crippen LogP contribution in [0.3, 0.4) is 0 Å². The van der Waals surface area contributed by atoms with Crippen LogP contribution in [-0.4, -0.2) is 32.1 Å². The molecule has 6 heteroatoms. The van der Waals surface area contributed by atoms with Crippen LogP contribution in [0.5, 0.6) is 0 Å². The van der Waals surface area contributed by atoms with Gasteiger partial charge in [0.05, 0.1) is 12.6 Å². The van der Waals surface area contributed by atoms with E-state index >= 15 is 0 Å². The second-order valence-electron chi connectivity index (χ2n) is 6.98. The Morgan fingerprint density at radius 2 is 1.89 bits per heavy atom. The Bertz CT molecular complexity index is 983. The zero-order valence-corrected chi connectivity index (χ0v) is 16.1. The average molecular weight is 381 g/mol. The number of rotatable bonds is 3. The highest BCUT2D eigenvalue weighted by molar-refractivity contribution is 6.31. The highest BCUT2D eigenvalue weighted by Crippen LogP contribution is 2.28. The molecule has 1 amide bonds. The lowest BCUT2D eigenvalue weighted by Gasteiger charge is -2.34. The fourth-order valence-corrected chi connectivity index (χ4v) is 3.95. The van der Waals surface area contributed by atoms with Gasteiger partial charge in [0.15, 0.2) is 5.82 Å². The van der Waals surface area contributed by atoms with Gasteiger partial charge in [0, 0.05) is 17.1 Å². The summed E-state index contributed by atoms with van der Waals surface area (Å²) in [6.45, 7) is 4.92. The van der Waals surface area contributed by atoms with Crippen LogP contribution in [-0.2, 0) is 13.0 Å². The van der Waals surface area contributed by atoms with Crippen molar-refractivity contribution in [3.63, 3.8) is 0 Å². The first-order chi connectivity index (χ1) is 13.0. The molecular weight excluding hydrogens is 360 g/mol. The van der Waals surface area contributed by atoms with E-state index in [-0.39, 0.29) is 11.9 Å². The number of halogens is 1. The molecule has 0 aliphatic carbocycles. The quantitative estimate of drug-likeness (QED) is 0.690. The number of benzene rings is 2. The summed E-state index contributed by atoms with van der Waals surface area (Å²) >= 11 is 6.22. The van der Waals surface area contributed by atoms with Gasteiger partial charge in [-0.15, -0.1) is 10.2 Å². The van der Waals surface area contributed by atoms with E-state index in [4.69, 9.17) is 11.6 Å². The first kappa shape index (κ1) is 17.7. The monoisotopic (exact) mass is 380 g/mol. The summed E-state index contributed by atoms with van der Waals surface area (Å²) < 4.78 is 2.17. The number of carbonyl (C=O) groups is 1. The van der Waals surface area contributed by atoms with Crippen LogP contribution >= 0.6 is 11.6 Å². The molecule has 1 atom stereocenters. The van der Waals surface area contributed by atoms with Gasteiger partial charge >= 0.3 is 0 Å². The van der Waals surface area contributed by atoms with Crippen LogP contribution in [0.1, 0.15) is 39.2 Å². The van der Waals surface area contributed by atoms with Gasteiger partial charge in [-0.25, -0.2) is 0 Å². The Labute approximate surface area is 163 Å². The molecule has 0 fully saturated rings. The Hall–Kier alpha value is -2.66. The van der Waals surface area contributed by atoms with Crippen LogP contribution in [0, 0.1) is 13.8 Å². The molecule has 27 heavy (non-hydrogen) atoms. The van der Waals surface area contributed by atoms with Crippen molar-refractivity contribution in [1.82, 2.24) is 19.7 Å². The molecule has 1 aliphatic rings. The van der Waals surface area contributed by atoms with Gasteiger partial charge in [-0.2, -0.15) is 0 Å². The van der Waals surface area contributed by atoms with E-state index in [1.54, 1.807) is 0 Å². The first-order valence-corrected chi connectivity index (χ1v) is 9.41. The standard InChI is InChI=1S/C21H21ClN4O/c1-14-18(9-6-10-19(14)22)21(27)25-12-17(11-16-7-4-3-5-8-16)26-15(2)23-24-20(26)13-25/h3-10,17H,11-13H2,1-2H3/t17-/m1/s1. The van der Waals surface area contributed by atoms with Crippen molar-refractivity contribution in [2.45, 2.75) is 32.9 Å². The van der Waals surface area contributed by atoms with Crippen molar-refractivity contribution in [2.24, 2.45) is 0 Å². The lowest BCUT2D eigenvalue weighted by Crippen LogP contribution is -2.42. The number of hydrogen-bond acceptors (Lipinski definition) is 3. The Morgan fingerprint density at radius 1 is 1.11 bits per heavy atom. The third-order valence-corrected chi connectivity index (χ3v) is 5.57. The molecule has 0 saturated carbocycles. The highest BCUT2D eigenvalue weighted by Gasteiger charge is 2.31. The fraction of sp³-hybridized carbons (Fsp3) is 0.286. The van der Waals surface area contributed by atoms with E-state index in [9.17, 15) is 4.79 Å². The van der Waals surface area contributed by atoms with Gasteiger partial charge < -0.3 is 9.47 Å². The summed E-state index contributed by atoms with van der Waals surface area (Å²) in [7, 11) is 0. The minimum atomic E-state index is -0.0139. The van der Waals surface area contributed by atoms with Crippen LogP contribution in [0.4, 0.5) is 0 Å². The van der Waals surface area contributed by atoms with Crippen LogP contribution in [0.2, 0.25) is 5.02 Å². The lowest BCUT2D eigenvalue weighted by atomic mass is 10.0. The number of nitrogens with zero attached hydrogens (tertiary/aromatic N) is 4. The van der Waals surface area contributed by atoms with Gasteiger partial charge in [0.25, 0.3) is 5.91 Å². The third kappa shape index (κ3) is 3.35. The molecule has 0 radical (unpaired) electrons. The molecule has 3 aromatic rings. The van der Waals surface area contributed by atoms with E-state index in [1.807, 2.05) is 55.1 Å². The summed E-state index contributed by atoms with van der Waals surface area (Å²) in [6, 6.07) is 15.9. The summed E-state index contributed by atoms with van der Waals surface area (Å²) in [5.74, 6) is 1.70. The Kier molecular flexibility index (Phi) is 4.70. The molecule has 1 aliphatic heterocycles. The van der Waals surface area contributed by atoms with Crippen molar-refractivity contribution in [3.8, 4) is 0 Å². The molecule has 1 aromatic heterocycles. The van der Waals surface area contributed by atoms with Crippen molar-refractivity contribution in [2.75, 3.05) is 6.54 Å². The number of amides is 1. The molecule has 2 aromatic carbocycles. The maximum Gasteiger partial charge on any atom is 0.254 e. The van der Waals surface area contributed by atoms with Gasteiger partial charge in [-0.3, -0.25) is 4.79 Å². The number of aryl methyl sites for hydroxylation is 1. The molecule has 0 N–H and O–H groups in total. The fourth-order valence-electron chi connectivity index (χ4n) is 3.77. The van der Waals surface area contributed by atoms with Crippen molar-refractivity contribution < 1.29 is 4.79 Å². The number of aromatic nitrogens is 3. The van der Waals surface area contributed by atoms with Crippen molar-refractivity contribution in [3.05, 3.63) is 81.9 Å². The highest BCUT2D eigenvalue weighted by atomic mass is 35.5. The Morgan fingerprint density at radius 3 is 2.67 bits per heavy atom. The predicted molar refractivity (Wildman–Crippen MR) is 105 cm³/mol. The lowest BCUT2D eigenvalue weighted by molar-refractivity contribution is 0.0671. The minimum absolute atomic E-state index is 0.0139. The molecule has 0 bridgehead atoms. The van der Waals surface area contributed by atoms with Crippen LogP contribution < -0.4 is 0 Å². The third-order valence-electron chi connectivity index (χ3n) is 5.16. The van der Waals surface area contributed by atoms with Crippen LogP contribution in [0.15, 0.2) is 48.5 Å². The smallest absolute Gasteiger partial charge is 0.254 e. The summed E-state index contributed by atoms with van der Waals surface area (Å²) in [4.78, 5) is 15.1. The summed E-state index contributed by atoms with van der Waals surface area (Å²) in [5.41, 5.74) is 2.69. The van der Waals surface area contributed by atoms with Gasteiger partial charge in [-0.05, 0) is 43.5 Å². The van der Waals surface area contributed by atoms with E-state index in [0.29, 0.717) is 23.7 Å². The van der Waals surface area contributed by atoms with E-state index in [1.165, 1.54) is 5.56 Å². The summed E-state index contributed by atoms with van der Waals surface area (Å²) in [5, 5.41) is 9.16. The normalized spacial score (nSPS) is 16.3. The Balaban J connectivity index is 1.66.